The molecular formula is C17H14F6N2O4S. The van der Waals surface area contributed by atoms with Crippen molar-refractivity contribution < 1.29 is 44.3 Å². The number of rotatable bonds is 6. The molecule has 1 atom stereocenters. The van der Waals surface area contributed by atoms with E-state index < -0.39 is 50.2 Å². The molecule has 0 heterocycles. The van der Waals surface area contributed by atoms with Gasteiger partial charge in [-0.05, 0) is 36.4 Å². The van der Waals surface area contributed by atoms with Crippen LogP contribution in [0.1, 0.15) is 5.56 Å². The molecule has 0 unspecified atom stereocenters. The van der Waals surface area contributed by atoms with Crippen molar-refractivity contribution in [3.8, 4) is 0 Å². The summed E-state index contributed by atoms with van der Waals surface area (Å²) in [7, 11) is -4.33. The zero-order valence-corrected chi connectivity index (χ0v) is 15.8. The molecule has 0 amide bonds. The maximum absolute atomic E-state index is 13.9. The van der Waals surface area contributed by atoms with Gasteiger partial charge < -0.3 is 10.1 Å². The van der Waals surface area contributed by atoms with Gasteiger partial charge in [-0.15, -0.1) is 0 Å². The highest BCUT2D eigenvalue weighted by Gasteiger charge is 2.64. The van der Waals surface area contributed by atoms with Crippen LogP contribution in [0.3, 0.4) is 0 Å². The summed E-state index contributed by atoms with van der Waals surface area (Å²) in [5, 5.41) is 1.63. The van der Waals surface area contributed by atoms with Crippen LogP contribution in [0, 0.1) is 0 Å². The zero-order chi connectivity index (χ0) is 22.8. The molecule has 2 N–H and O–H groups in total. The minimum atomic E-state index is -5.59. The van der Waals surface area contributed by atoms with Crippen molar-refractivity contribution in [3.63, 3.8) is 0 Å². The summed E-state index contributed by atoms with van der Waals surface area (Å²) < 4.78 is 110. The van der Waals surface area contributed by atoms with Crippen LogP contribution in [0.2, 0.25) is 0 Å². The number of nitrogens with one attached hydrogen (secondary N) is 2. The predicted octanol–water partition coefficient (Wildman–Crippen LogP) is 3.53. The molecule has 2 rings (SSSR count). The van der Waals surface area contributed by atoms with Crippen LogP contribution in [0.15, 0.2) is 59.5 Å². The third kappa shape index (κ3) is 4.84. The number of hydrogen-bond donors (Lipinski definition) is 2. The summed E-state index contributed by atoms with van der Waals surface area (Å²) in [6.07, 6.45) is -10.3. The fraction of sp³-hybridized carbons (Fsp3) is 0.235. The van der Waals surface area contributed by atoms with Crippen LogP contribution in [0.4, 0.5) is 32.0 Å². The first kappa shape index (κ1) is 23.5. The van der Waals surface area contributed by atoms with Crippen molar-refractivity contribution in [2.24, 2.45) is 0 Å². The molecule has 0 aliphatic rings. The number of hydrogen-bond acceptors (Lipinski definition) is 5. The van der Waals surface area contributed by atoms with Gasteiger partial charge in [0, 0.05) is 5.69 Å². The molecule has 0 aliphatic heterocycles. The Morgan fingerprint density at radius 1 is 0.900 bits per heavy atom. The second kappa shape index (κ2) is 8.14. The Hall–Kier alpha value is -2.80. The maximum atomic E-state index is 13.9. The third-order valence-electron chi connectivity index (χ3n) is 3.80. The van der Waals surface area contributed by atoms with E-state index in [9.17, 15) is 39.6 Å². The average molecular weight is 456 g/mol. The minimum Gasteiger partial charge on any atom is -0.466 e. The number of methoxy groups -OCH3 is 1. The van der Waals surface area contributed by atoms with E-state index in [1.807, 2.05) is 0 Å². The van der Waals surface area contributed by atoms with Crippen LogP contribution in [-0.4, -0.2) is 33.3 Å². The number of halogens is 6. The monoisotopic (exact) mass is 456 g/mol. The van der Waals surface area contributed by atoms with Gasteiger partial charge in [0.05, 0.1) is 17.6 Å². The average Bonchev–Trinajstić information content (AvgIpc) is 2.66. The highest BCUT2D eigenvalue weighted by molar-refractivity contribution is 7.89. The van der Waals surface area contributed by atoms with Crippen LogP contribution in [0.5, 0.6) is 0 Å². The number of ether oxygens (including phenoxy) is 1. The molecule has 2 aromatic rings. The molecule has 2 aromatic carbocycles. The van der Waals surface area contributed by atoms with Gasteiger partial charge in [0.2, 0.25) is 10.0 Å². The maximum Gasteiger partial charge on any atom is 0.437 e. The normalized spacial score (nSPS) is 14.6. The third-order valence-corrected chi connectivity index (χ3v) is 5.27. The quantitative estimate of drug-likeness (QED) is 0.395. The summed E-state index contributed by atoms with van der Waals surface area (Å²) in [6.45, 7) is 0. The lowest BCUT2D eigenvalue weighted by Crippen LogP contribution is -2.69. The SMILES string of the molecule is COC(=O)[C@@](Nc1ccc(C(F)(F)F)cc1)(NS(=O)(=O)c1ccccc1)C(F)(F)F. The number of carbonyl (C=O) groups is 1. The summed E-state index contributed by atoms with van der Waals surface area (Å²) in [5.74, 6) is -2.07. The lowest BCUT2D eigenvalue weighted by atomic mass is 10.1. The van der Waals surface area contributed by atoms with Gasteiger partial charge in [0.25, 0.3) is 5.66 Å². The first-order valence-electron chi connectivity index (χ1n) is 7.92. The topological polar surface area (TPSA) is 84.5 Å². The predicted molar refractivity (Wildman–Crippen MR) is 92.6 cm³/mol. The van der Waals surface area contributed by atoms with E-state index in [2.05, 4.69) is 4.74 Å². The summed E-state index contributed by atoms with van der Waals surface area (Å²) in [5.41, 5.74) is -5.80. The van der Waals surface area contributed by atoms with Gasteiger partial charge in [0.15, 0.2) is 0 Å². The number of alkyl halides is 6. The van der Waals surface area contributed by atoms with Crippen LogP contribution in [-0.2, 0) is 25.7 Å². The Bertz CT molecular complexity index is 992. The van der Waals surface area contributed by atoms with Crippen LogP contribution in [0.25, 0.3) is 0 Å². The fourth-order valence-corrected chi connectivity index (χ4v) is 3.62. The van der Waals surface area contributed by atoms with Crippen molar-refractivity contribution in [2.75, 3.05) is 12.4 Å². The second-order valence-corrected chi connectivity index (χ2v) is 7.54. The molecule has 0 saturated carbocycles. The molecule has 0 aliphatic carbocycles. The van der Waals surface area contributed by atoms with Gasteiger partial charge in [-0.3, -0.25) is 0 Å². The van der Waals surface area contributed by atoms with E-state index in [0.717, 1.165) is 12.1 Å². The number of esters is 1. The van der Waals surface area contributed by atoms with Crippen molar-refractivity contribution in [2.45, 2.75) is 22.9 Å². The molecule has 13 heteroatoms. The van der Waals surface area contributed by atoms with E-state index in [1.54, 1.807) is 5.32 Å². The minimum absolute atomic E-state index is 0.465. The largest absolute Gasteiger partial charge is 0.466 e. The first-order valence-corrected chi connectivity index (χ1v) is 9.41. The zero-order valence-electron chi connectivity index (χ0n) is 15.0. The molecule has 0 saturated heterocycles. The highest BCUT2D eigenvalue weighted by Crippen LogP contribution is 2.35. The molecule has 0 spiro atoms. The van der Waals surface area contributed by atoms with E-state index in [0.29, 0.717) is 31.4 Å². The summed E-state index contributed by atoms with van der Waals surface area (Å²) in [4.78, 5) is 11.5. The van der Waals surface area contributed by atoms with Crippen molar-refractivity contribution in [3.05, 3.63) is 60.2 Å². The number of sulfonamides is 1. The number of anilines is 1. The van der Waals surface area contributed by atoms with Gasteiger partial charge in [0.1, 0.15) is 0 Å². The highest BCUT2D eigenvalue weighted by atomic mass is 32.2. The smallest absolute Gasteiger partial charge is 0.437 e. The summed E-state index contributed by atoms with van der Waals surface area (Å²) in [6, 6.07) is 8.02. The molecule has 0 fully saturated rings. The molecule has 0 bridgehead atoms. The fourth-order valence-electron chi connectivity index (χ4n) is 2.33. The van der Waals surface area contributed by atoms with Gasteiger partial charge >= 0.3 is 18.3 Å². The van der Waals surface area contributed by atoms with Crippen molar-refractivity contribution >= 4 is 21.7 Å². The van der Waals surface area contributed by atoms with E-state index >= 15 is 0 Å². The van der Waals surface area contributed by atoms with Gasteiger partial charge in [-0.1, -0.05) is 18.2 Å². The van der Waals surface area contributed by atoms with E-state index in [4.69, 9.17) is 0 Å². The molecule has 30 heavy (non-hydrogen) atoms. The molecule has 164 valence electrons. The first-order chi connectivity index (χ1) is 13.7. The number of carbonyl (C=O) groups excluding carboxylic acids is 1. The Morgan fingerprint density at radius 3 is 1.87 bits per heavy atom. The van der Waals surface area contributed by atoms with Crippen LogP contribution >= 0.6 is 0 Å². The Balaban J connectivity index is 2.55. The number of benzene rings is 2. The van der Waals surface area contributed by atoms with Gasteiger partial charge in [-0.25, -0.2) is 13.2 Å². The van der Waals surface area contributed by atoms with Crippen LogP contribution < -0.4 is 10.0 Å². The van der Waals surface area contributed by atoms with E-state index in [-0.39, 0.29) is 0 Å². The van der Waals surface area contributed by atoms with Gasteiger partial charge in [-0.2, -0.15) is 31.1 Å². The lowest BCUT2D eigenvalue weighted by molar-refractivity contribution is -0.201. The summed E-state index contributed by atoms with van der Waals surface area (Å²) >= 11 is 0. The molecule has 0 aromatic heterocycles. The molecule has 0 radical (unpaired) electrons. The molecular weight excluding hydrogens is 442 g/mol. The Labute approximate surface area is 166 Å². The second-order valence-electron chi connectivity index (χ2n) is 5.86. The molecule has 6 nitrogen and oxygen atoms in total. The van der Waals surface area contributed by atoms with Crippen molar-refractivity contribution in [1.29, 1.82) is 0 Å². The standard InChI is InChI=1S/C17H14F6N2O4S/c1-29-14(26)15(17(21,22)23,25-30(27,28)13-5-3-2-4-6-13)24-12-9-7-11(8-10-12)16(18,19)20/h2-10,24-25H,1H3/t15-/m1/s1. The van der Waals surface area contributed by atoms with E-state index in [1.165, 1.54) is 22.9 Å². The Kier molecular flexibility index (Phi) is 6.37. The lowest BCUT2D eigenvalue weighted by Gasteiger charge is -2.34. The Morgan fingerprint density at radius 2 is 1.43 bits per heavy atom. The van der Waals surface area contributed by atoms with Crippen molar-refractivity contribution in [1.82, 2.24) is 4.72 Å².